The minimum atomic E-state index is -1.04. The highest BCUT2D eigenvalue weighted by molar-refractivity contribution is 7.09. The monoisotopic (exact) mass is 690 g/mol. The molecule has 1 aliphatic rings. The summed E-state index contributed by atoms with van der Waals surface area (Å²) in [5.41, 5.74) is 17.9. The Balaban J connectivity index is 1.78. The minimum Gasteiger partial charge on any atom is -0.378 e. The number of halogens is 1. The number of carbonyl (C=O) groups excluding carboxylic acids is 4. The third-order valence-corrected chi connectivity index (χ3v) is 8.70. The first-order chi connectivity index (χ1) is 22.4. The molecule has 1 aromatic carbocycles. The van der Waals surface area contributed by atoms with E-state index in [4.69, 9.17) is 33.5 Å². The molecule has 4 amide bonds. The van der Waals surface area contributed by atoms with E-state index in [0.29, 0.717) is 57.0 Å². The summed E-state index contributed by atoms with van der Waals surface area (Å²) >= 11 is 7.55. The van der Waals surface area contributed by atoms with E-state index in [1.165, 1.54) is 11.3 Å². The molecule has 0 saturated carbocycles. The summed E-state index contributed by atoms with van der Waals surface area (Å²) in [5.74, 6) is -1.84. The van der Waals surface area contributed by atoms with Gasteiger partial charge in [-0.05, 0) is 54.3 Å². The number of hydrogen-bond donors (Lipinski definition) is 6. The topological polar surface area (TPSA) is 207 Å². The smallest absolute Gasteiger partial charge is 0.245 e. The second kappa shape index (κ2) is 19.2. The largest absolute Gasteiger partial charge is 0.378 e. The van der Waals surface area contributed by atoms with Crippen LogP contribution < -0.4 is 33.2 Å². The number of nitrogens with two attached hydrogens (primary N) is 3. The van der Waals surface area contributed by atoms with Gasteiger partial charge in [-0.15, -0.1) is 11.3 Å². The first kappa shape index (κ1) is 37.7. The van der Waals surface area contributed by atoms with Crippen molar-refractivity contribution in [2.75, 3.05) is 32.8 Å². The van der Waals surface area contributed by atoms with Crippen LogP contribution in [0.4, 0.5) is 0 Å². The van der Waals surface area contributed by atoms with Crippen LogP contribution in [0.15, 0.2) is 46.8 Å². The van der Waals surface area contributed by atoms with Crippen molar-refractivity contribution in [3.8, 4) is 0 Å². The lowest BCUT2D eigenvalue weighted by Gasteiger charge is -2.32. The van der Waals surface area contributed by atoms with Gasteiger partial charge in [0.15, 0.2) is 5.96 Å². The van der Waals surface area contributed by atoms with Crippen molar-refractivity contribution >= 4 is 52.5 Å². The molecule has 4 atom stereocenters. The number of nitrogens with one attached hydrogen (secondary N) is 3. The van der Waals surface area contributed by atoms with Crippen LogP contribution in [0.25, 0.3) is 0 Å². The van der Waals surface area contributed by atoms with Crippen molar-refractivity contribution < 1.29 is 23.9 Å². The Labute approximate surface area is 285 Å². The normalized spacial score (nSPS) is 15.6. The van der Waals surface area contributed by atoms with Gasteiger partial charge in [-0.25, -0.2) is 0 Å². The SMILES string of the molecule is CC(C)C[C@@H](NC(=O)[C@@H](Cc1ccc(Cl)cc1)NC(=O)[C@H](N)Cc1cccs1)C(=O)N[C@H](CCCN=C(N)N)C(=O)N1CCOCC1. The van der Waals surface area contributed by atoms with E-state index in [-0.39, 0.29) is 30.8 Å². The molecule has 47 heavy (non-hydrogen) atoms. The second-order valence-electron chi connectivity index (χ2n) is 11.9. The van der Waals surface area contributed by atoms with Crippen LogP contribution >= 0.6 is 22.9 Å². The summed E-state index contributed by atoms with van der Waals surface area (Å²) in [6, 6.07) is 6.94. The van der Waals surface area contributed by atoms with Gasteiger partial charge in [0, 0.05) is 42.4 Å². The quantitative estimate of drug-likeness (QED) is 0.0798. The van der Waals surface area contributed by atoms with E-state index >= 15 is 0 Å². The van der Waals surface area contributed by atoms with Crippen molar-refractivity contribution in [3.63, 3.8) is 0 Å². The zero-order valence-electron chi connectivity index (χ0n) is 27.0. The van der Waals surface area contributed by atoms with Crippen LogP contribution in [0.5, 0.6) is 0 Å². The molecule has 3 rings (SSSR count). The summed E-state index contributed by atoms with van der Waals surface area (Å²) < 4.78 is 5.38. The Morgan fingerprint density at radius 1 is 0.936 bits per heavy atom. The number of amides is 4. The fraction of sp³-hybridized carbons (Fsp3) is 0.531. The highest BCUT2D eigenvalue weighted by Gasteiger charge is 2.32. The first-order valence-electron chi connectivity index (χ1n) is 15.8. The number of hydrogen-bond acceptors (Lipinski definition) is 8. The molecule has 2 aromatic rings. The number of rotatable bonds is 17. The molecule has 0 unspecified atom stereocenters. The number of carbonyl (C=O) groups is 4. The van der Waals surface area contributed by atoms with Gasteiger partial charge in [0.2, 0.25) is 23.6 Å². The van der Waals surface area contributed by atoms with Gasteiger partial charge in [-0.3, -0.25) is 24.2 Å². The number of thiophene rings is 1. The molecule has 1 saturated heterocycles. The number of guanidine groups is 1. The third kappa shape index (κ3) is 13.1. The van der Waals surface area contributed by atoms with E-state index < -0.39 is 41.9 Å². The fourth-order valence-corrected chi connectivity index (χ4v) is 5.99. The second-order valence-corrected chi connectivity index (χ2v) is 13.4. The van der Waals surface area contributed by atoms with Gasteiger partial charge in [0.25, 0.3) is 0 Å². The molecule has 1 aliphatic heterocycles. The Morgan fingerprint density at radius 2 is 1.57 bits per heavy atom. The van der Waals surface area contributed by atoms with Gasteiger partial charge in [-0.2, -0.15) is 0 Å². The van der Waals surface area contributed by atoms with E-state index in [0.717, 1.165) is 10.4 Å². The average Bonchev–Trinajstić information content (AvgIpc) is 3.55. The summed E-state index contributed by atoms with van der Waals surface area (Å²) in [5, 5.41) is 10.9. The minimum absolute atomic E-state index is 0.0184. The molecule has 0 aliphatic carbocycles. The summed E-state index contributed by atoms with van der Waals surface area (Å²) in [6.07, 6.45) is 1.49. The first-order valence-corrected chi connectivity index (χ1v) is 17.0. The van der Waals surface area contributed by atoms with Gasteiger partial charge < -0.3 is 42.8 Å². The number of morpholine rings is 1. The molecule has 1 aromatic heterocycles. The Hall–Kier alpha value is -3.72. The maximum atomic E-state index is 13.8. The Kier molecular flexibility index (Phi) is 15.4. The molecule has 0 bridgehead atoms. The maximum Gasteiger partial charge on any atom is 0.245 e. The van der Waals surface area contributed by atoms with Crippen LogP contribution in [0, 0.1) is 5.92 Å². The van der Waals surface area contributed by atoms with Crippen molar-refractivity contribution in [2.45, 2.75) is 70.1 Å². The van der Waals surface area contributed by atoms with Crippen molar-refractivity contribution in [2.24, 2.45) is 28.1 Å². The lowest BCUT2D eigenvalue weighted by atomic mass is 10.00. The zero-order valence-corrected chi connectivity index (χ0v) is 28.5. The Morgan fingerprint density at radius 3 is 2.19 bits per heavy atom. The van der Waals surface area contributed by atoms with Crippen molar-refractivity contribution in [1.82, 2.24) is 20.9 Å². The van der Waals surface area contributed by atoms with E-state index in [1.54, 1.807) is 29.2 Å². The highest BCUT2D eigenvalue weighted by Crippen LogP contribution is 2.14. The fourth-order valence-electron chi connectivity index (χ4n) is 5.10. The summed E-state index contributed by atoms with van der Waals surface area (Å²) in [6.45, 7) is 5.77. The van der Waals surface area contributed by atoms with Gasteiger partial charge in [-0.1, -0.05) is 43.6 Å². The van der Waals surface area contributed by atoms with E-state index in [2.05, 4.69) is 20.9 Å². The van der Waals surface area contributed by atoms with Crippen LogP contribution in [-0.2, 0) is 36.8 Å². The van der Waals surface area contributed by atoms with Crippen molar-refractivity contribution in [3.05, 3.63) is 57.2 Å². The molecule has 258 valence electrons. The summed E-state index contributed by atoms with van der Waals surface area (Å²) in [7, 11) is 0. The van der Waals surface area contributed by atoms with E-state index in [1.807, 2.05) is 31.4 Å². The molecule has 15 heteroatoms. The lowest BCUT2D eigenvalue weighted by Crippen LogP contribution is -2.59. The average molecular weight is 691 g/mol. The number of aliphatic imine (C=N–C) groups is 1. The number of nitrogens with zero attached hydrogens (tertiary/aromatic N) is 2. The summed E-state index contributed by atoms with van der Waals surface area (Å²) in [4.78, 5) is 60.8. The molecule has 9 N–H and O–H groups in total. The highest BCUT2D eigenvalue weighted by atomic mass is 35.5. The number of benzene rings is 1. The molecule has 0 radical (unpaired) electrons. The van der Waals surface area contributed by atoms with Crippen LogP contribution in [0.2, 0.25) is 5.02 Å². The zero-order chi connectivity index (χ0) is 34.3. The van der Waals surface area contributed by atoms with Crippen LogP contribution in [-0.4, -0.2) is 91.5 Å². The van der Waals surface area contributed by atoms with Gasteiger partial charge in [0.05, 0.1) is 19.3 Å². The molecule has 0 spiro atoms. The Bertz CT molecular complexity index is 1330. The molecular weight excluding hydrogens is 644 g/mol. The van der Waals surface area contributed by atoms with Gasteiger partial charge in [0.1, 0.15) is 18.1 Å². The molecule has 1 fully saturated rings. The van der Waals surface area contributed by atoms with Crippen LogP contribution in [0.3, 0.4) is 0 Å². The predicted octanol–water partition coefficient (Wildman–Crippen LogP) is 0.927. The molecule has 2 heterocycles. The van der Waals surface area contributed by atoms with Crippen LogP contribution in [0.1, 0.15) is 43.6 Å². The van der Waals surface area contributed by atoms with Gasteiger partial charge >= 0.3 is 0 Å². The lowest BCUT2D eigenvalue weighted by molar-refractivity contribution is -0.141. The number of ether oxygens (including phenoxy) is 1. The standard InChI is InChI=1S/C32H47ClN8O5S/c1-20(2)17-26(29(43)38-25(6-3-11-37-32(35)36)31(45)41-12-14-46-15-13-41)40-30(44)27(18-21-7-9-22(33)10-8-21)39-28(42)24(34)19-23-5-4-16-47-23/h4-5,7-10,16,20,24-27H,3,6,11-15,17-19,34H2,1-2H3,(H,38,43)(H,39,42)(H,40,44)(H4,35,36,37)/t24-,25-,26-,27-/m1/s1. The molecule has 13 nitrogen and oxygen atoms in total. The van der Waals surface area contributed by atoms with Crippen molar-refractivity contribution in [1.29, 1.82) is 0 Å². The third-order valence-electron chi connectivity index (χ3n) is 7.55. The maximum absolute atomic E-state index is 13.8. The van der Waals surface area contributed by atoms with E-state index in [9.17, 15) is 19.2 Å². The molecular formula is C32H47ClN8O5S. The predicted molar refractivity (Wildman–Crippen MR) is 184 cm³/mol.